The molecule has 86 valence electrons. The van der Waals surface area contributed by atoms with Gasteiger partial charge in [-0.25, -0.2) is 0 Å². The minimum absolute atomic E-state index is 0.00144. The maximum absolute atomic E-state index is 12.1. The molecule has 0 aliphatic heterocycles. The van der Waals surface area contributed by atoms with Crippen LogP contribution in [0.5, 0.6) is 0 Å². The molecule has 0 radical (unpaired) electrons. The smallest absolute Gasteiger partial charge is 0.252 e. The number of aryl methyl sites for hydroxylation is 1. The monoisotopic (exact) mass is 237 g/mol. The Balaban J connectivity index is 2.11. The minimum atomic E-state index is -0.152. The van der Waals surface area contributed by atoms with Crippen molar-refractivity contribution < 1.29 is 4.79 Å². The number of nitrogens with one attached hydrogen (secondary N) is 1. The Hall–Kier alpha value is -1.02. The molecule has 1 aromatic carbocycles. The molecule has 2 rings (SSSR count). The van der Waals surface area contributed by atoms with E-state index in [1.807, 2.05) is 31.2 Å². The minimum Gasteiger partial charge on any atom is -0.345 e. The molecule has 0 bridgehead atoms. The van der Waals surface area contributed by atoms with Gasteiger partial charge in [0.05, 0.1) is 5.54 Å². The number of halogens is 1. The Bertz CT molecular complexity index is 393. The van der Waals surface area contributed by atoms with E-state index < -0.39 is 0 Å². The lowest BCUT2D eigenvalue weighted by Crippen LogP contribution is -2.55. The van der Waals surface area contributed by atoms with Gasteiger partial charge in [-0.3, -0.25) is 4.79 Å². The third kappa shape index (κ3) is 2.07. The first-order valence-electron chi connectivity index (χ1n) is 5.61. The number of benzene rings is 1. The van der Waals surface area contributed by atoms with Crippen molar-refractivity contribution in [1.29, 1.82) is 0 Å². The highest BCUT2D eigenvalue weighted by Gasteiger charge is 2.37. The molecule has 1 N–H and O–H groups in total. The van der Waals surface area contributed by atoms with Gasteiger partial charge in [0.15, 0.2) is 0 Å². The summed E-state index contributed by atoms with van der Waals surface area (Å²) >= 11 is 5.92. The number of amides is 1. The van der Waals surface area contributed by atoms with Crippen molar-refractivity contribution in [2.24, 2.45) is 0 Å². The van der Waals surface area contributed by atoms with Crippen LogP contribution in [-0.4, -0.2) is 17.3 Å². The average molecular weight is 238 g/mol. The summed E-state index contributed by atoms with van der Waals surface area (Å²) < 4.78 is 0. The maximum atomic E-state index is 12.1. The number of carbonyl (C=O) groups excluding carboxylic acids is 1. The summed E-state index contributed by atoms with van der Waals surface area (Å²) in [6.45, 7) is 1.95. The second-order valence-corrected chi connectivity index (χ2v) is 4.80. The van der Waals surface area contributed by atoms with E-state index in [0.29, 0.717) is 5.88 Å². The number of hydrogen-bond acceptors (Lipinski definition) is 1. The van der Waals surface area contributed by atoms with Gasteiger partial charge in [-0.15, -0.1) is 11.6 Å². The first-order valence-corrected chi connectivity index (χ1v) is 6.14. The lowest BCUT2D eigenvalue weighted by Gasteiger charge is -2.41. The Morgan fingerprint density at radius 2 is 2.12 bits per heavy atom. The highest BCUT2D eigenvalue weighted by molar-refractivity contribution is 6.19. The fraction of sp³-hybridized carbons (Fsp3) is 0.462. The molecule has 0 spiro atoms. The molecular formula is C13H16ClNO. The Kier molecular flexibility index (Phi) is 3.20. The number of rotatable bonds is 3. The summed E-state index contributed by atoms with van der Waals surface area (Å²) in [6, 6.07) is 7.62. The fourth-order valence-corrected chi connectivity index (χ4v) is 2.37. The zero-order valence-corrected chi connectivity index (χ0v) is 10.2. The molecule has 16 heavy (non-hydrogen) atoms. The molecule has 1 aromatic rings. The summed E-state index contributed by atoms with van der Waals surface area (Å²) in [5.74, 6) is 0.503. The van der Waals surface area contributed by atoms with E-state index in [2.05, 4.69) is 5.32 Å². The largest absolute Gasteiger partial charge is 0.345 e. The van der Waals surface area contributed by atoms with E-state index in [0.717, 1.165) is 30.4 Å². The molecule has 0 unspecified atom stereocenters. The van der Waals surface area contributed by atoms with Crippen LogP contribution in [0.25, 0.3) is 0 Å². The van der Waals surface area contributed by atoms with Crippen molar-refractivity contribution in [1.82, 2.24) is 5.32 Å². The molecule has 0 saturated heterocycles. The van der Waals surface area contributed by atoms with Gasteiger partial charge >= 0.3 is 0 Å². The van der Waals surface area contributed by atoms with Crippen LogP contribution >= 0.6 is 11.6 Å². The van der Waals surface area contributed by atoms with Gasteiger partial charge < -0.3 is 5.32 Å². The van der Waals surface area contributed by atoms with E-state index in [-0.39, 0.29) is 11.4 Å². The second-order valence-electron chi connectivity index (χ2n) is 4.54. The summed E-state index contributed by atoms with van der Waals surface area (Å²) in [5, 5.41) is 3.07. The normalized spacial score (nSPS) is 17.6. The van der Waals surface area contributed by atoms with Gasteiger partial charge in [0, 0.05) is 11.4 Å². The van der Waals surface area contributed by atoms with Crippen LogP contribution in [0, 0.1) is 6.92 Å². The molecule has 1 amide bonds. The van der Waals surface area contributed by atoms with Crippen LogP contribution in [0.3, 0.4) is 0 Å². The third-order valence-corrected chi connectivity index (χ3v) is 3.85. The third-order valence-electron chi connectivity index (χ3n) is 3.33. The molecular weight excluding hydrogens is 222 g/mol. The SMILES string of the molecule is Cc1ccccc1C(=O)NC1(CCl)CCC1. The van der Waals surface area contributed by atoms with Gasteiger partial charge in [0.25, 0.3) is 5.91 Å². The number of carbonyl (C=O) groups is 1. The Morgan fingerprint density at radius 3 is 2.62 bits per heavy atom. The van der Waals surface area contributed by atoms with Crippen LogP contribution in [0.2, 0.25) is 0 Å². The summed E-state index contributed by atoms with van der Waals surface area (Å²) in [5.41, 5.74) is 1.60. The van der Waals surface area contributed by atoms with E-state index in [1.165, 1.54) is 0 Å². The quantitative estimate of drug-likeness (QED) is 0.805. The summed E-state index contributed by atoms with van der Waals surface area (Å²) in [4.78, 5) is 12.1. The molecule has 0 atom stereocenters. The molecule has 1 saturated carbocycles. The second kappa shape index (κ2) is 4.46. The predicted octanol–water partition coefficient (Wildman–Crippen LogP) is 2.89. The summed E-state index contributed by atoms with van der Waals surface area (Å²) in [6.07, 6.45) is 3.14. The van der Waals surface area contributed by atoms with Gasteiger partial charge in [-0.05, 0) is 37.8 Å². The molecule has 1 fully saturated rings. The zero-order valence-electron chi connectivity index (χ0n) is 9.42. The van der Waals surface area contributed by atoms with Crippen molar-refractivity contribution in [2.75, 3.05) is 5.88 Å². The zero-order chi connectivity index (χ0) is 11.6. The van der Waals surface area contributed by atoms with Gasteiger partial charge in [-0.2, -0.15) is 0 Å². The van der Waals surface area contributed by atoms with Crippen LogP contribution < -0.4 is 5.32 Å². The molecule has 3 heteroatoms. The van der Waals surface area contributed by atoms with Gasteiger partial charge in [-0.1, -0.05) is 18.2 Å². The highest BCUT2D eigenvalue weighted by atomic mass is 35.5. The topological polar surface area (TPSA) is 29.1 Å². The van der Waals surface area contributed by atoms with Crippen LogP contribution in [-0.2, 0) is 0 Å². The standard InChI is InChI=1S/C13H16ClNO/c1-10-5-2-3-6-11(10)12(16)15-13(9-14)7-4-8-13/h2-3,5-6H,4,7-9H2,1H3,(H,15,16). The number of hydrogen-bond donors (Lipinski definition) is 1. The predicted molar refractivity (Wildman–Crippen MR) is 65.9 cm³/mol. The van der Waals surface area contributed by atoms with Crippen molar-refractivity contribution in [2.45, 2.75) is 31.7 Å². The Morgan fingerprint density at radius 1 is 1.44 bits per heavy atom. The average Bonchev–Trinajstić information content (AvgIpc) is 2.24. The first kappa shape index (κ1) is 11.5. The van der Waals surface area contributed by atoms with Crippen molar-refractivity contribution in [3.8, 4) is 0 Å². The van der Waals surface area contributed by atoms with E-state index >= 15 is 0 Å². The van der Waals surface area contributed by atoms with Crippen LogP contribution in [0.1, 0.15) is 35.2 Å². The van der Waals surface area contributed by atoms with Crippen LogP contribution in [0.4, 0.5) is 0 Å². The Labute approximate surface area is 101 Å². The lowest BCUT2D eigenvalue weighted by atomic mass is 9.78. The lowest BCUT2D eigenvalue weighted by molar-refractivity contribution is 0.0853. The van der Waals surface area contributed by atoms with Gasteiger partial charge in [0.1, 0.15) is 0 Å². The fourth-order valence-electron chi connectivity index (χ4n) is 2.03. The molecule has 1 aliphatic rings. The van der Waals surface area contributed by atoms with E-state index in [4.69, 9.17) is 11.6 Å². The number of alkyl halides is 1. The van der Waals surface area contributed by atoms with Crippen molar-refractivity contribution in [3.63, 3.8) is 0 Å². The molecule has 2 nitrogen and oxygen atoms in total. The molecule has 0 aromatic heterocycles. The van der Waals surface area contributed by atoms with Crippen molar-refractivity contribution >= 4 is 17.5 Å². The van der Waals surface area contributed by atoms with E-state index in [1.54, 1.807) is 0 Å². The van der Waals surface area contributed by atoms with E-state index in [9.17, 15) is 4.79 Å². The first-order chi connectivity index (χ1) is 7.67. The highest BCUT2D eigenvalue weighted by Crippen LogP contribution is 2.33. The van der Waals surface area contributed by atoms with Gasteiger partial charge in [0.2, 0.25) is 0 Å². The molecule has 0 heterocycles. The van der Waals surface area contributed by atoms with Crippen LogP contribution in [0.15, 0.2) is 24.3 Å². The maximum Gasteiger partial charge on any atom is 0.252 e. The molecule has 1 aliphatic carbocycles. The summed E-state index contributed by atoms with van der Waals surface area (Å²) in [7, 11) is 0. The van der Waals surface area contributed by atoms with Crippen molar-refractivity contribution in [3.05, 3.63) is 35.4 Å².